The molecule has 3 heteroatoms. The number of fused-ring (bicyclic) bond motifs is 6. The summed E-state index contributed by atoms with van der Waals surface area (Å²) >= 11 is 0. The zero-order chi connectivity index (χ0) is 16.0. The molecule has 0 bridgehead atoms. The van der Waals surface area contributed by atoms with Crippen LogP contribution in [0, 0.1) is 0 Å². The third kappa shape index (κ3) is 2.08. The van der Waals surface area contributed by atoms with Gasteiger partial charge in [-0.3, -0.25) is 0 Å². The van der Waals surface area contributed by atoms with Gasteiger partial charge in [-0.15, -0.1) is 0 Å². The van der Waals surface area contributed by atoms with Gasteiger partial charge in [0.1, 0.15) is 0 Å². The Hall–Kier alpha value is -2.81. The van der Waals surface area contributed by atoms with Gasteiger partial charge >= 0.3 is 6.08 Å². The van der Waals surface area contributed by atoms with Crippen molar-refractivity contribution in [2.24, 2.45) is 0 Å². The van der Waals surface area contributed by atoms with E-state index in [0.29, 0.717) is 0 Å². The zero-order valence-corrected chi connectivity index (χ0v) is 12.0. The van der Waals surface area contributed by atoms with Crippen molar-refractivity contribution in [3.05, 3.63) is 78.4 Å². The molecule has 112 valence electrons. The molecule has 0 unspecified atom stereocenters. The first kappa shape index (κ1) is 13.8. The largest absolute Gasteiger partial charge is 0.306 e. The minimum absolute atomic E-state index is 0.0991. The summed E-state index contributed by atoms with van der Waals surface area (Å²) in [6.07, 6.45) is -2.30. The fraction of sp³-hybridized carbons (Fsp3) is 0. The highest BCUT2D eigenvalue weighted by molar-refractivity contribution is 6.25. The lowest BCUT2D eigenvalue weighted by atomic mass is 9.93. The molecular weight excluding hydrogens is 297 g/mol. The monoisotopic (exact) mass is 308 g/mol. The molecule has 0 amide bonds. The van der Waals surface area contributed by atoms with Crippen LogP contribution < -0.4 is 0 Å². The second-order valence-electron chi connectivity index (χ2n) is 5.43. The normalized spacial score (nSPS) is 11.3. The van der Waals surface area contributed by atoms with E-state index in [2.05, 4.69) is 0 Å². The van der Waals surface area contributed by atoms with E-state index >= 15 is 0 Å². The van der Waals surface area contributed by atoms with Gasteiger partial charge in [0.2, 0.25) is 0 Å². The fourth-order valence-corrected chi connectivity index (χ4v) is 3.15. The average Bonchev–Trinajstić information content (AvgIpc) is 2.61. The summed E-state index contributed by atoms with van der Waals surface area (Å²) in [5, 5.41) is 5.77. The highest BCUT2D eigenvalue weighted by atomic mass is 19.3. The highest BCUT2D eigenvalue weighted by Crippen LogP contribution is 2.36. The SMILES string of the molecule is FC(F)=C(F)c1ccc2c3ccccc3c3ccccc3c2c1. The van der Waals surface area contributed by atoms with Crippen molar-refractivity contribution in [2.75, 3.05) is 0 Å². The van der Waals surface area contributed by atoms with Gasteiger partial charge in [-0.2, -0.15) is 8.78 Å². The molecule has 4 aromatic carbocycles. The Morgan fingerprint density at radius 2 is 0.957 bits per heavy atom. The topological polar surface area (TPSA) is 0 Å². The van der Waals surface area contributed by atoms with Crippen LogP contribution in [0.2, 0.25) is 0 Å². The minimum Gasteiger partial charge on any atom is -0.200 e. The molecule has 0 aromatic heterocycles. The maximum atomic E-state index is 13.6. The third-order valence-corrected chi connectivity index (χ3v) is 4.16. The van der Waals surface area contributed by atoms with E-state index < -0.39 is 11.9 Å². The molecule has 0 heterocycles. The number of hydrogen-bond donors (Lipinski definition) is 0. The molecule has 0 nitrogen and oxygen atoms in total. The highest BCUT2D eigenvalue weighted by Gasteiger charge is 2.12. The molecule has 0 saturated heterocycles. The van der Waals surface area contributed by atoms with Crippen molar-refractivity contribution in [1.29, 1.82) is 0 Å². The first-order valence-electron chi connectivity index (χ1n) is 7.21. The van der Waals surface area contributed by atoms with Crippen molar-refractivity contribution < 1.29 is 13.2 Å². The van der Waals surface area contributed by atoms with Crippen LogP contribution in [0.4, 0.5) is 13.2 Å². The van der Waals surface area contributed by atoms with Crippen LogP contribution >= 0.6 is 0 Å². The van der Waals surface area contributed by atoms with E-state index in [0.717, 1.165) is 32.3 Å². The number of hydrogen-bond acceptors (Lipinski definition) is 0. The van der Waals surface area contributed by atoms with Crippen molar-refractivity contribution >= 4 is 38.1 Å². The molecule has 0 fully saturated rings. The lowest BCUT2D eigenvalue weighted by Gasteiger charge is -2.11. The van der Waals surface area contributed by atoms with E-state index in [9.17, 15) is 13.2 Å². The van der Waals surface area contributed by atoms with E-state index in [-0.39, 0.29) is 5.56 Å². The van der Waals surface area contributed by atoms with Gasteiger partial charge in [0, 0.05) is 5.56 Å². The number of halogens is 3. The van der Waals surface area contributed by atoms with Crippen LogP contribution in [0.15, 0.2) is 72.8 Å². The Kier molecular flexibility index (Phi) is 3.08. The van der Waals surface area contributed by atoms with Gasteiger partial charge in [-0.05, 0) is 38.4 Å². The molecule has 0 radical (unpaired) electrons. The van der Waals surface area contributed by atoms with Gasteiger partial charge in [0.15, 0.2) is 5.83 Å². The van der Waals surface area contributed by atoms with Crippen LogP contribution in [-0.2, 0) is 0 Å². The van der Waals surface area contributed by atoms with Gasteiger partial charge in [-0.25, -0.2) is 4.39 Å². The molecule has 4 aromatic rings. The predicted octanol–water partition coefficient (Wildman–Crippen LogP) is 6.68. The first-order chi connectivity index (χ1) is 11.2. The van der Waals surface area contributed by atoms with Crippen LogP contribution in [0.25, 0.3) is 38.1 Å². The van der Waals surface area contributed by atoms with Gasteiger partial charge in [0.05, 0.1) is 0 Å². The third-order valence-electron chi connectivity index (χ3n) is 4.16. The van der Waals surface area contributed by atoms with Crippen LogP contribution in [0.3, 0.4) is 0 Å². The molecule has 0 aliphatic heterocycles. The van der Waals surface area contributed by atoms with Gasteiger partial charge < -0.3 is 0 Å². The standard InChI is InChI=1S/C20H11F3/c21-19(20(22)23)12-9-10-17-15-7-2-1-5-13(15)14-6-3-4-8-16(14)18(17)11-12/h1-11H. The summed E-state index contributed by atoms with van der Waals surface area (Å²) < 4.78 is 38.8. The Morgan fingerprint density at radius 1 is 0.522 bits per heavy atom. The zero-order valence-electron chi connectivity index (χ0n) is 12.0. The van der Waals surface area contributed by atoms with Crippen LogP contribution in [-0.4, -0.2) is 0 Å². The molecule has 0 aliphatic rings. The minimum atomic E-state index is -2.30. The molecule has 0 N–H and O–H groups in total. The molecule has 23 heavy (non-hydrogen) atoms. The van der Waals surface area contributed by atoms with E-state index in [1.165, 1.54) is 12.1 Å². The molecule has 0 spiro atoms. The van der Waals surface area contributed by atoms with Crippen molar-refractivity contribution in [3.63, 3.8) is 0 Å². The molecule has 0 aliphatic carbocycles. The first-order valence-corrected chi connectivity index (χ1v) is 7.21. The maximum absolute atomic E-state index is 13.6. The molecule has 0 saturated carbocycles. The smallest absolute Gasteiger partial charge is 0.200 e. The average molecular weight is 308 g/mol. The molecule has 0 atom stereocenters. The summed E-state index contributed by atoms with van der Waals surface area (Å²) in [4.78, 5) is 0. The van der Waals surface area contributed by atoms with E-state index in [1.807, 2.05) is 48.5 Å². The second-order valence-corrected chi connectivity index (χ2v) is 5.43. The Morgan fingerprint density at radius 3 is 1.43 bits per heavy atom. The van der Waals surface area contributed by atoms with E-state index in [1.54, 1.807) is 6.07 Å². The summed E-state index contributed by atoms with van der Waals surface area (Å²) in [6, 6.07) is 20.3. The van der Waals surface area contributed by atoms with Gasteiger partial charge in [0.25, 0.3) is 0 Å². The lowest BCUT2D eigenvalue weighted by Crippen LogP contribution is -1.86. The van der Waals surface area contributed by atoms with E-state index in [4.69, 9.17) is 0 Å². The number of rotatable bonds is 1. The van der Waals surface area contributed by atoms with Crippen LogP contribution in [0.1, 0.15) is 5.56 Å². The van der Waals surface area contributed by atoms with Crippen molar-refractivity contribution in [1.82, 2.24) is 0 Å². The fourth-order valence-electron chi connectivity index (χ4n) is 3.15. The Bertz CT molecular complexity index is 1050. The van der Waals surface area contributed by atoms with Crippen LogP contribution in [0.5, 0.6) is 0 Å². The second kappa shape index (κ2) is 5.13. The maximum Gasteiger partial charge on any atom is 0.306 e. The summed E-state index contributed by atoms with van der Waals surface area (Å²) in [5.74, 6) is -1.47. The molecule has 4 rings (SSSR count). The Labute approximate surface area is 130 Å². The summed E-state index contributed by atoms with van der Waals surface area (Å²) in [5.41, 5.74) is -0.0991. The lowest BCUT2D eigenvalue weighted by molar-refractivity contribution is 0.410. The molecular formula is C20H11F3. The summed E-state index contributed by atoms with van der Waals surface area (Å²) in [7, 11) is 0. The van der Waals surface area contributed by atoms with Crippen molar-refractivity contribution in [2.45, 2.75) is 0 Å². The summed E-state index contributed by atoms with van der Waals surface area (Å²) in [6.45, 7) is 0. The predicted molar refractivity (Wildman–Crippen MR) is 89.2 cm³/mol. The quantitative estimate of drug-likeness (QED) is 0.344. The number of benzene rings is 4. The Balaban J connectivity index is 2.24. The van der Waals surface area contributed by atoms with Gasteiger partial charge in [-0.1, -0.05) is 60.7 Å². The van der Waals surface area contributed by atoms with Crippen molar-refractivity contribution in [3.8, 4) is 0 Å².